The monoisotopic (exact) mass is 318 g/mol. The fourth-order valence-electron chi connectivity index (χ4n) is 2.23. The second-order valence-electron chi connectivity index (χ2n) is 4.72. The smallest absolute Gasteiger partial charge is 0.178 e. The van der Waals surface area contributed by atoms with E-state index in [1.807, 2.05) is 43.3 Å². The molecule has 2 N–H and O–H groups in total. The van der Waals surface area contributed by atoms with Gasteiger partial charge >= 0.3 is 0 Å². The zero-order valence-electron chi connectivity index (χ0n) is 11.2. The van der Waals surface area contributed by atoms with Crippen molar-refractivity contribution in [1.82, 2.24) is 5.16 Å². The molecular weight excluding hydrogens is 307 g/mol. The summed E-state index contributed by atoms with van der Waals surface area (Å²) in [4.78, 5) is 0. The topological polar surface area (TPSA) is 52.0 Å². The van der Waals surface area contributed by atoms with Crippen molar-refractivity contribution in [3.05, 3.63) is 58.1 Å². The third kappa shape index (κ3) is 2.50. The summed E-state index contributed by atoms with van der Waals surface area (Å²) >= 11 is 12.4. The predicted molar refractivity (Wildman–Crippen MR) is 86.5 cm³/mol. The molecule has 5 heteroatoms. The number of rotatable bonds is 2. The van der Waals surface area contributed by atoms with Crippen LogP contribution < -0.4 is 5.73 Å². The van der Waals surface area contributed by atoms with Crippen molar-refractivity contribution < 1.29 is 4.52 Å². The molecule has 1 aromatic heterocycles. The van der Waals surface area contributed by atoms with Crippen molar-refractivity contribution >= 4 is 29.0 Å². The molecule has 0 saturated heterocycles. The summed E-state index contributed by atoms with van der Waals surface area (Å²) in [5.41, 5.74) is 9.22. The van der Waals surface area contributed by atoms with Crippen molar-refractivity contribution in [3.63, 3.8) is 0 Å². The van der Waals surface area contributed by atoms with Crippen LogP contribution in [0.15, 0.2) is 47.0 Å². The van der Waals surface area contributed by atoms with Crippen LogP contribution in [0.25, 0.3) is 22.5 Å². The number of aromatic nitrogens is 1. The van der Waals surface area contributed by atoms with Crippen LogP contribution >= 0.6 is 23.2 Å². The first kappa shape index (κ1) is 14.0. The molecular formula is C16H12Cl2N2O. The number of hydrogen-bond donors (Lipinski definition) is 1. The van der Waals surface area contributed by atoms with E-state index in [-0.39, 0.29) is 0 Å². The van der Waals surface area contributed by atoms with Crippen LogP contribution in [-0.2, 0) is 0 Å². The van der Waals surface area contributed by atoms with E-state index in [1.54, 1.807) is 6.07 Å². The molecule has 3 rings (SSSR count). The highest BCUT2D eigenvalue weighted by molar-refractivity contribution is 6.34. The van der Waals surface area contributed by atoms with Gasteiger partial charge in [0.05, 0.1) is 10.6 Å². The molecule has 0 bridgehead atoms. The van der Waals surface area contributed by atoms with Crippen LogP contribution in [0.1, 0.15) is 5.56 Å². The average molecular weight is 319 g/mol. The van der Waals surface area contributed by atoms with Gasteiger partial charge in [-0.05, 0) is 36.2 Å². The number of nitrogen functional groups attached to an aromatic ring is 1. The molecule has 0 saturated carbocycles. The first-order valence-corrected chi connectivity index (χ1v) is 7.10. The predicted octanol–water partition coefficient (Wildman–Crippen LogP) is 5.21. The van der Waals surface area contributed by atoms with Crippen molar-refractivity contribution in [2.45, 2.75) is 6.92 Å². The van der Waals surface area contributed by atoms with Crippen molar-refractivity contribution in [1.29, 1.82) is 0 Å². The number of nitrogens with zero attached hydrogens (tertiary/aromatic N) is 1. The second kappa shape index (κ2) is 5.43. The highest BCUT2D eigenvalue weighted by Gasteiger charge is 2.20. The Balaban J connectivity index is 2.24. The summed E-state index contributed by atoms with van der Waals surface area (Å²) in [6.07, 6.45) is 0. The van der Waals surface area contributed by atoms with Crippen LogP contribution in [-0.4, -0.2) is 5.16 Å². The Morgan fingerprint density at radius 3 is 2.62 bits per heavy atom. The fraction of sp³-hybridized carbons (Fsp3) is 0.0625. The minimum absolute atomic E-state index is 0.310. The van der Waals surface area contributed by atoms with Gasteiger partial charge in [0.25, 0.3) is 0 Å². The molecule has 0 aliphatic carbocycles. The normalized spacial score (nSPS) is 10.8. The van der Waals surface area contributed by atoms with Gasteiger partial charge in [-0.15, -0.1) is 0 Å². The quantitative estimate of drug-likeness (QED) is 0.706. The third-order valence-electron chi connectivity index (χ3n) is 3.27. The lowest BCUT2D eigenvalue weighted by Gasteiger charge is -2.06. The van der Waals surface area contributed by atoms with Crippen LogP contribution in [0.2, 0.25) is 10.0 Å². The second-order valence-corrected chi connectivity index (χ2v) is 5.53. The van der Waals surface area contributed by atoms with E-state index in [0.29, 0.717) is 27.2 Å². The molecule has 3 nitrogen and oxygen atoms in total. The van der Waals surface area contributed by atoms with Gasteiger partial charge < -0.3 is 10.3 Å². The van der Waals surface area contributed by atoms with Gasteiger partial charge in [-0.25, -0.2) is 0 Å². The summed E-state index contributed by atoms with van der Waals surface area (Å²) in [5.74, 6) is 0.855. The summed E-state index contributed by atoms with van der Waals surface area (Å²) < 4.78 is 5.41. The maximum atomic E-state index is 6.37. The third-order valence-corrected chi connectivity index (χ3v) is 4.00. The van der Waals surface area contributed by atoms with E-state index in [4.69, 9.17) is 33.5 Å². The van der Waals surface area contributed by atoms with Gasteiger partial charge in [-0.2, -0.15) is 0 Å². The molecule has 106 valence electrons. The van der Waals surface area contributed by atoms with E-state index < -0.39 is 0 Å². The van der Waals surface area contributed by atoms with Gasteiger partial charge in [-0.3, -0.25) is 0 Å². The minimum Gasteiger partial charge on any atom is -0.380 e. The molecule has 0 atom stereocenters. The molecule has 0 unspecified atom stereocenters. The minimum atomic E-state index is 0.310. The lowest BCUT2D eigenvalue weighted by Crippen LogP contribution is -1.89. The van der Waals surface area contributed by atoms with Crippen molar-refractivity contribution in [2.75, 3.05) is 5.73 Å². The van der Waals surface area contributed by atoms with E-state index >= 15 is 0 Å². The number of benzene rings is 2. The summed E-state index contributed by atoms with van der Waals surface area (Å²) in [6, 6.07) is 13.1. The fourth-order valence-corrected chi connectivity index (χ4v) is 2.63. The number of halogens is 2. The Bertz CT molecular complexity index is 812. The number of aryl methyl sites for hydroxylation is 1. The van der Waals surface area contributed by atoms with Gasteiger partial charge in [0.15, 0.2) is 11.6 Å². The number of nitrogens with two attached hydrogens (primary N) is 1. The Hall–Kier alpha value is -1.97. The molecule has 0 fully saturated rings. The molecule has 0 aliphatic rings. The molecule has 0 spiro atoms. The Kier molecular flexibility index (Phi) is 3.62. The molecule has 21 heavy (non-hydrogen) atoms. The molecule has 1 heterocycles. The highest BCUT2D eigenvalue weighted by Crippen LogP contribution is 2.40. The van der Waals surface area contributed by atoms with Crippen molar-refractivity contribution in [3.8, 4) is 22.5 Å². The Morgan fingerprint density at radius 2 is 1.86 bits per heavy atom. The molecule has 2 aromatic carbocycles. The molecule has 0 aliphatic heterocycles. The van der Waals surface area contributed by atoms with Crippen LogP contribution in [0.4, 0.5) is 5.82 Å². The SMILES string of the molecule is Cc1cccc(-c2onc(N)c2-c2cccc(Cl)c2)c1Cl. The first-order chi connectivity index (χ1) is 10.1. The maximum absolute atomic E-state index is 6.37. The van der Waals surface area contributed by atoms with Gasteiger partial charge in [-0.1, -0.05) is 52.6 Å². The summed E-state index contributed by atoms with van der Waals surface area (Å²) in [7, 11) is 0. The van der Waals surface area contributed by atoms with E-state index in [0.717, 1.165) is 16.7 Å². The van der Waals surface area contributed by atoms with Crippen LogP contribution in [0, 0.1) is 6.92 Å². The highest BCUT2D eigenvalue weighted by atomic mass is 35.5. The van der Waals surface area contributed by atoms with Crippen LogP contribution in [0.5, 0.6) is 0 Å². The lowest BCUT2D eigenvalue weighted by atomic mass is 10.0. The van der Waals surface area contributed by atoms with Crippen molar-refractivity contribution in [2.24, 2.45) is 0 Å². The van der Waals surface area contributed by atoms with Gasteiger partial charge in [0.1, 0.15) is 0 Å². The Morgan fingerprint density at radius 1 is 1.10 bits per heavy atom. The van der Waals surface area contributed by atoms with Gasteiger partial charge in [0.2, 0.25) is 0 Å². The number of anilines is 1. The summed E-state index contributed by atoms with van der Waals surface area (Å²) in [6.45, 7) is 1.94. The average Bonchev–Trinajstić information content (AvgIpc) is 2.83. The Labute approximate surface area is 132 Å². The van der Waals surface area contributed by atoms with E-state index in [2.05, 4.69) is 5.16 Å². The van der Waals surface area contributed by atoms with E-state index in [1.165, 1.54) is 0 Å². The molecule has 3 aromatic rings. The standard InChI is InChI=1S/C16H12Cl2N2O/c1-9-4-2-7-12(14(9)18)15-13(16(19)20-21-15)10-5-3-6-11(17)8-10/h2-8H,1H3,(H2,19,20). The maximum Gasteiger partial charge on any atom is 0.178 e. The molecule has 0 radical (unpaired) electrons. The van der Waals surface area contributed by atoms with Crippen LogP contribution in [0.3, 0.4) is 0 Å². The first-order valence-electron chi connectivity index (χ1n) is 6.34. The van der Waals surface area contributed by atoms with E-state index in [9.17, 15) is 0 Å². The van der Waals surface area contributed by atoms with Gasteiger partial charge in [0, 0.05) is 10.6 Å². The lowest BCUT2D eigenvalue weighted by molar-refractivity contribution is 0.436. The summed E-state index contributed by atoms with van der Waals surface area (Å²) in [5, 5.41) is 5.11. The number of hydrogen-bond acceptors (Lipinski definition) is 3. The zero-order valence-corrected chi connectivity index (χ0v) is 12.7. The zero-order chi connectivity index (χ0) is 15.0. The largest absolute Gasteiger partial charge is 0.380 e. The molecule has 0 amide bonds.